The Labute approximate surface area is 217 Å². The van der Waals surface area contributed by atoms with Crippen LogP contribution in [0.25, 0.3) is 0 Å². The molecule has 4 heteroatoms. The van der Waals surface area contributed by atoms with Gasteiger partial charge in [0.1, 0.15) is 0 Å². The largest absolute Gasteiger partial charge is 0.551 e. The van der Waals surface area contributed by atoms with Crippen molar-refractivity contribution in [3.63, 3.8) is 0 Å². The molecule has 0 aromatic heterocycles. The van der Waals surface area contributed by atoms with Crippen molar-refractivity contribution in [3.05, 3.63) is 126 Å². The van der Waals surface area contributed by atoms with Gasteiger partial charge in [-0.2, -0.15) is 0 Å². The third kappa shape index (κ3) is 2.67. The van der Waals surface area contributed by atoms with Crippen LogP contribution in [-0.4, -0.2) is 6.92 Å². The number of hydrogen-bond acceptors (Lipinski definition) is 3. The summed E-state index contributed by atoms with van der Waals surface area (Å²) >= 11 is 0. The predicted octanol–water partition coefficient (Wildman–Crippen LogP) is 7.08. The number of para-hydroxylation sites is 5. The van der Waals surface area contributed by atoms with Crippen molar-refractivity contribution in [2.45, 2.75) is 19.3 Å². The second-order valence-corrected chi connectivity index (χ2v) is 10.6. The minimum absolute atomic E-state index is 0.156. The van der Waals surface area contributed by atoms with Crippen LogP contribution in [0.2, 0.25) is 0 Å². The van der Waals surface area contributed by atoms with Gasteiger partial charge in [0.15, 0.2) is 0 Å². The topological polar surface area (TPSA) is 15.7 Å². The smallest absolute Gasteiger partial charge is 0.430 e. The summed E-state index contributed by atoms with van der Waals surface area (Å²) in [5.41, 5.74) is 12.2. The maximum Gasteiger partial charge on any atom is 0.430 e. The highest BCUT2D eigenvalue weighted by Gasteiger charge is 2.49. The summed E-state index contributed by atoms with van der Waals surface area (Å²) in [5, 5.41) is 0. The molecule has 3 nitrogen and oxygen atoms in total. The zero-order valence-corrected chi connectivity index (χ0v) is 20.8. The van der Waals surface area contributed by atoms with Crippen LogP contribution in [-0.2, 0) is 5.41 Å². The van der Waals surface area contributed by atoms with Crippen molar-refractivity contribution < 1.29 is 4.65 Å². The maximum atomic E-state index is 6.81. The summed E-state index contributed by atoms with van der Waals surface area (Å²) < 4.78 is 6.81. The first kappa shape index (κ1) is 20.7. The van der Waals surface area contributed by atoms with E-state index in [1.165, 1.54) is 50.5 Å². The Morgan fingerprint density at radius 3 is 1.84 bits per heavy atom. The first-order valence-electron chi connectivity index (χ1n) is 12.9. The molecule has 3 aliphatic heterocycles. The number of rotatable bonds is 3. The third-order valence-electron chi connectivity index (χ3n) is 8.20. The second kappa shape index (κ2) is 7.30. The molecule has 0 N–H and O–H groups in total. The molecule has 3 aliphatic rings. The van der Waals surface area contributed by atoms with Gasteiger partial charge in [-0.25, -0.2) is 0 Å². The Morgan fingerprint density at radius 1 is 0.541 bits per heavy atom. The lowest BCUT2D eigenvalue weighted by Crippen LogP contribution is -2.56. The van der Waals surface area contributed by atoms with Gasteiger partial charge < -0.3 is 14.5 Å². The highest BCUT2D eigenvalue weighted by molar-refractivity contribution is 6.84. The molecule has 37 heavy (non-hydrogen) atoms. The van der Waals surface area contributed by atoms with E-state index in [-0.39, 0.29) is 12.3 Å². The monoisotopic (exact) mass is 476 g/mol. The fraction of sp³-hybridized carbons (Fsp3) is 0.0909. The zero-order valence-electron chi connectivity index (χ0n) is 20.8. The van der Waals surface area contributed by atoms with Crippen molar-refractivity contribution >= 4 is 52.0 Å². The van der Waals surface area contributed by atoms with E-state index in [1.54, 1.807) is 0 Å². The lowest BCUT2D eigenvalue weighted by Gasteiger charge is -2.51. The van der Waals surface area contributed by atoms with E-state index in [1.807, 2.05) is 30.3 Å². The molecule has 0 amide bonds. The van der Waals surface area contributed by atoms with E-state index in [0.717, 1.165) is 11.4 Å². The Hall–Kier alpha value is -4.44. The van der Waals surface area contributed by atoms with Gasteiger partial charge in [0.05, 0.1) is 28.5 Å². The van der Waals surface area contributed by atoms with Crippen LogP contribution in [0.15, 0.2) is 115 Å². The van der Waals surface area contributed by atoms with Crippen LogP contribution in [0.4, 0.5) is 34.1 Å². The van der Waals surface area contributed by atoms with Gasteiger partial charge in [-0.3, -0.25) is 0 Å². The SMILES string of the molecule is CC1(C)c2cccc3c2N2c4c(cccc4N(c4ccccc4)c4cccc1c42)B3Oc1ccccc1. The third-order valence-corrected chi connectivity index (χ3v) is 8.20. The number of benzene rings is 5. The minimum Gasteiger partial charge on any atom is -0.551 e. The summed E-state index contributed by atoms with van der Waals surface area (Å²) in [6.45, 7) is 4.50. The van der Waals surface area contributed by atoms with Gasteiger partial charge in [-0.1, -0.05) is 92.7 Å². The Bertz CT molecular complexity index is 1700. The van der Waals surface area contributed by atoms with Gasteiger partial charge in [0.2, 0.25) is 0 Å². The fourth-order valence-corrected chi connectivity index (χ4v) is 6.56. The van der Waals surface area contributed by atoms with Crippen LogP contribution < -0.4 is 25.4 Å². The van der Waals surface area contributed by atoms with Gasteiger partial charge in [0, 0.05) is 16.8 Å². The molecule has 0 aliphatic carbocycles. The van der Waals surface area contributed by atoms with E-state index in [0.29, 0.717) is 0 Å². The summed E-state index contributed by atoms with van der Waals surface area (Å²) in [6.07, 6.45) is 0. The summed E-state index contributed by atoms with van der Waals surface area (Å²) in [7, 11) is 0. The lowest BCUT2D eigenvalue weighted by molar-refractivity contribution is 0.590. The summed E-state index contributed by atoms with van der Waals surface area (Å²) in [6, 6.07) is 41.1. The van der Waals surface area contributed by atoms with Gasteiger partial charge in [-0.15, -0.1) is 0 Å². The molecule has 176 valence electrons. The molecular formula is C33H25BN2O. The molecule has 5 aromatic carbocycles. The average molecular weight is 476 g/mol. The normalized spacial score (nSPS) is 15.4. The van der Waals surface area contributed by atoms with Crippen LogP contribution >= 0.6 is 0 Å². The first-order chi connectivity index (χ1) is 18.1. The zero-order chi connectivity index (χ0) is 24.7. The van der Waals surface area contributed by atoms with Gasteiger partial charge >= 0.3 is 6.92 Å². The molecule has 0 atom stereocenters. The molecule has 8 rings (SSSR count). The quantitative estimate of drug-likeness (QED) is 0.254. The molecule has 5 aromatic rings. The molecule has 3 heterocycles. The van der Waals surface area contributed by atoms with Gasteiger partial charge in [0.25, 0.3) is 0 Å². The minimum atomic E-state index is -0.205. The summed E-state index contributed by atoms with van der Waals surface area (Å²) in [5.74, 6) is 0.878. The molecule has 0 saturated heterocycles. The summed E-state index contributed by atoms with van der Waals surface area (Å²) in [4.78, 5) is 4.94. The Morgan fingerprint density at radius 2 is 1.11 bits per heavy atom. The van der Waals surface area contributed by atoms with E-state index in [2.05, 4.69) is 109 Å². The van der Waals surface area contributed by atoms with Crippen molar-refractivity contribution in [2.75, 3.05) is 9.80 Å². The maximum absolute atomic E-state index is 6.81. The molecular weight excluding hydrogens is 451 g/mol. The molecule has 0 unspecified atom stereocenters. The molecule has 0 bridgehead atoms. The highest BCUT2D eigenvalue weighted by atomic mass is 16.4. The Balaban J connectivity index is 1.49. The standard InChI is InChI=1S/C33H25BN2O/c1-33(2)24-16-9-18-26-30(24)36-31-25(33)17-10-20-28(31)35(22-12-5-3-6-13-22)29-21-11-19-27(32(29)36)34(26)37-23-14-7-4-8-15-23/h3-21H,1-2H3. The number of anilines is 6. The first-order valence-corrected chi connectivity index (χ1v) is 12.9. The van der Waals surface area contributed by atoms with Crippen molar-refractivity contribution in [3.8, 4) is 5.75 Å². The number of nitrogens with zero attached hydrogens (tertiary/aromatic N) is 2. The van der Waals surface area contributed by atoms with Crippen LogP contribution in [0, 0.1) is 0 Å². The van der Waals surface area contributed by atoms with E-state index in [4.69, 9.17) is 4.65 Å². The van der Waals surface area contributed by atoms with Crippen molar-refractivity contribution in [1.82, 2.24) is 0 Å². The van der Waals surface area contributed by atoms with Crippen LogP contribution in [0.1, 0.15) is 25.0 Å². The highest BCUT2D eigenvalue weighted by Crippen LogP contribution is 2.61. The van der Waals surface area contributed by atoms with Crippen LogP contribution in [0.3, 0.4) is 0 Å². The average Bonchev–Trinajstić information content (AvgIpc) is 2.94. The van der Waals surface area contributed by atoms with E-state index >= 15 is 0 Å². The van der Waals surface area contributed by atoms with E-state index in [9.17, 15) is 0 Å². The second-order valence-electron chi connectivity index (χ2n) is 10.6. The molecule has 0 spiro atoms. The predicted molar refractivity (Wildman–Crippen MR) is 154 cm³/mol. The molecule has 0 radical (unpaired) electrons. The van der Waals surface area contributed by atoms with Crippen molar-refractivity contribution in [2.24, 2.45) is 0 Å². The lowest BCUT2D eigenvalue weighted by atomic mass is 9.50. The molecule has 0 fully saturated rings. The van der Waals surface area contributed by atoms with E-state index < -0.39 is 0 Å². The Kier molecular flexibility index (Phi) is 4.09. The van der Waals surface area contributed by atoms with Crippen LogP contribution in [0.5, 0.6) is 5.75 Å². The fourth-order valence-electron chi connectivity index (χ4n) is 6.56. The van der Waals surface area contributed by atoms with Gasteiger partial charge in [-0.05, 0) is 58.5 Å². The van der Waals surface area contributed by atoms with Crippen molar-refractivity contribution in [1.29, 1.82) is 0 Å². The number of hydrogen-bond donors (Lipinski definition) is 0. The molecule has 0 saturated carbocycles.